The van der Waals surface area contributed by atoms with Crippen molar-refractivity contribution in [2.75, 3.05) is 20.8 Å². The van der Waals surface area contributed by atoms with Gasteiger partial charge in [-0.1, -0.05) is 6.07 Å². The zero-order valence-corrected chi connectivity index (χ0v) is 17.3. The minimum absolute atomic E-state index is 0.142. The van der Waals surface area contributed by atoms with Gasteiger partial charge in [0.1, 0.15) is 0 Å². The second-order valence-corrected chi connectivity index (χ2v) is 7.45. The Morgan fingerprint density at radius 3 is 2.52 bits per heavy atom. The van der Waals surface area contributed by atoms with E-state index < -0.39 is 17.6 Å². The van der Waals surface area contributed by atoms with Crippen LogP contribution >= 0.6 is 11.3 Å². The van der Waals surface area contributed by atoms with Crippen molar-refractivity contribution in [3.63, 3.8) is 0 Å². The topological polar surface area (TPSA) is 109 Å². The third-order valence-electron chi connectivity index (χ3n) is 4.53. The van der Waals surface area contributed by atoms with Gasteiger partial charge in [-0.2, -0.15) is 18.7 Å². The van der Waals surface area contributed by atoms with Crippen LogP contribution in [0.25, 0.3) is 10.2 Å². The Morgan fingerprint density at radius 1 is 1.19 bits per heavy atom. The van der Waals surface area contributed by atoms with Gasteiger partial charge in [-0.3, -0.25) is 10.0 Å². The number of quaternary nitrogens is 1. The molecule has 8 nitrogen and oxygen atoms in total. The van der Waals surface area contributed by atoms with Gasteiger partial charge >= 0.3 is 17.1 Å². The van der Waals surface area contributed by atoms with Crippen LogP contribution in [0.2, 0.25) is 0 Å². The lowest BCUT2D eigenvalue weighted by molar-refractivity contribution is -0.882. The minimum atomic E-state index is -4.68. The van der Waals surface area contributed by atoms with Gasteiger partial charge < -0.3 is 14.8 Å². The van der Waals surface area contributed by atoms with E-state index >= 15 is 0 Å². The van der Waals surface area contributed by atoms with Crippen molar-refractivity contribution in [3.8, 4) is 11.5 Å². The SMILES string of the molecule is COc1ccc(CCNC(=O)c2sc3c([NH2+]O)cc(C(F)(F)F)cc3[n+]2O)cc1OC. The van der Waals surface area contributed by atoms with Crippen LogP contribution in [0.15, 0.2) is 30.3 Å². The summed E-state index contributed by atoms with van der Waals surface area (Å²) in [6.07, 6.45) is -4.24. The average Bonchev–Trinajstić information content (AvgIpc) is 3.09. The largest absolute Gasteiger partial charge is 0.493 e. The van der Waals surface area contributed by atoms with Crippen molar-refractivity contribution in [3.05, 3.63) is 46.5 Å². The van der Waals surface area contributed by atoms with Crippen molar-refractivity contribution in [1.82, 2.24) is 5.32 Å². The molecule has 1 heterocycles. The molecule has 1 amide bonds. The number of halogens is 3. The molecular formula is C19H20F3N3O5S+2. The molecule has 166 valence electrons. The Morgan fingerprint density at radius 2 is 1.90 bits per heavy atom. The molecule has 0 spiro atoms. The van der Waals surface area contributed by atoms with Crippen LogP contribution in [0.5, 0.6) is 11.5 Å². The van der Waals surface area contributed by atoms with E-state index in [4.69, 9.17) is 9.47 Å². The summed E-state index contributed by atoms with van der Waals surface area (Å²) in [5.41, 5.74) is -0.0704. The number of aromatic nitrogens is 1. The molecule has 1 aromatic heterocycles. The maximum absolute atomic E-state index is 13.1. The van der Waals surface area contributed by atoms with Crippen LogP contribution in [0.3, 0.4) is 0 Å². The van der Waals surface area contributed by atoms with Crippen LogP contribution in [-0.4, -0.2) is 37.1 Å². The summed E-state index contributed by atoms with van der Waals surface area (Å²) in [5.74, 6) is 0.440. The first-order valence-corrected chi connectivity index (χ1v) is 9.76. The van der Waals surface area contributed by atoms with Crippen molar-refractivity contribution >= 4 is 33.1 Å². The predicted molar refractivity (Wildman–Crippen MR) is 103 cm³/mol. The number of ether oxygens (including phenoxy) is 2. The number of hydrogen-bond acceptors (Lipinski definition) is 6. The van der Waals surface area contributed by atoms with E-state index in [2.05, 4.69) is 5.32 Å². The first kappa shape index (κ1) is 22.6. The van der Waals surface area contributed by atoms with Crippen LogP contribution in [-0.2, 0) is 12.6 Å². The van der Waals surface area contributed by atoms with Gasteiger partial charge in [0.2, 0.25) is 0 Å². The number of carbonyl (C=O) groups is 1. The molecule has 0 aliphatic carbocycles. The predicted octanol–water partition coefficient (Wildman–Crippen LogP) is 2.02. The van der Waals surface area contributed by atoms with Gasteiger partial charge in [-0.25, -0.2) is 5.21 Å². The Balaban J connectivity index is 1.79. The number of hydrogen-bond donors (Lipinski definition) is 4. The molecule has 3 aromatic rings. The van der Waals surface area contributed by atoms with Gasteiger partial charge in [0.15, 0.2) is 21.9 Å². The number of nitrogens with zero attached hydrogens (tertiary/aromatic N) is 1. The number of carbonyl (C=O) groups excluding carboxylic acids is 1. The van der Waals surface area contributed by atoms with E-state index in [1.807, 2.05) is 0 Å². The number of thiazole rings is 1. The van der Waals surface area contributed by atoms with Crippen LogP contribution in [0, 0.1) is 0 Å². The Kier molecular flexibility index (Phi) is 6.53. The number of rotatable bonds is 7. The molecule has 0 fully saturated rings. The second-order valence-electron chi connectivity index (χ2n) is 6.45. The maximum Gasteiger partial charge on any atom is 0.416 e. The van der Waals surface area contributed by atoms with Gasteiger partial charge in [0.05, 0.1) is 19.8 Å². The van der Waals surface area contributed by atoms with E-state index in [0.717, 1.165) is 29.0 Å². The molecule has 0 radical (unpaired) electrons. The molecule has 31 heavy (non-hydrogen) atoms. The standard InChI is InChI=1S/C19H18F3N3O5S/c1-29-14-4-3-10(7-15(14)30-2)5-6-23-17(26)18-25(28)13-9-11(19(20,21)22)8-12(24-27)16(13)31-18/h3-4,7-9,24,27H,5-6H2,1-2H3,(H-,23,26,28)/p+2. The van der Waals surface area contributed by atoms with Crippen molar-refractivity contribution in [2.45, 2.75) is 12.6 Å². The van der Waals surface area contributed by atoms with Crippen LogP contribution in [0.1, 0.15) is 20.9 Å². The van der Waals surface area contributed by atoms with Gasteiger partial charge in [-0.15, -0.1) is 0 Å². The highest BCUT2D eigenvalue weighted by Crippen LogP contribution is 2.35. The zero-order valence-electron chi connectivity index (χ0n) is 16.5. The maximum atomic E-state index is 13.1. The van der Waals surface area contributed by atoms with Crippen molar-refractivity contribution in [1.29, 1.82) is 0 Å². The average molecular weight is 459 g/mol. The Labute approximate surface area is 178 Å². The molecule has 12 heteroatoms. The fourth-order valence-electron chi connectivity index (χ4n) is 2.99. The second kappa shape index (κ2) is 8.96. The summed E-state index contributed by atoms with van der Waals surface area (Å²) in [5, 5.41) is 22.0. The number of benzene rings is 2. The molecule has 0 aliphatic rings. The fourth-order valence-corrected chi connectivity index (χ4v) is 4.01. The highest BCUT2D eigenvalue weighted by atomic mass is 32.1. The van der Waals surface area contributed by atoms with Crippen molar-refractivity contribution in [2.24, 2.45) is 0 Å². The number of alkyl halides is 3. The summed E-state index contributed by atoms with van der Waals surface area (Å²) in [6.45, 7) is 0.204. The van der Waals surface area contributed by atoms with Crippen LogP contribution in [0.4, 0.5) is 18.9 Å². The first-order valence-electron chi connectivity index (χ1n) is 8.95. The highest BCUT2D eigenvalue weighted by Gasteiger charge is 2.37. The Hall–Kier alpha value is -3.09. The summed E-state index contributed by atoms with van der Waals surface area (Å²) >= 11 is 0.766. The summed E-state index contributed by atoms with van der Waals surface area (Å²) in [4.78, 5) is 12.5. The summed E-state index contributed by atoms with van der Waals surface area (Å²) < 4.78 is 50.2. The van der Waals surface area contributed by atoms with E-state index in [1.54, 1.807) is 18.2 Å². The third-order valence-corrected chi connectivity index (χ3v) is 5.73. The van der Waals surface area contributed by atoms with E-state index in [9.17, 15) is 28.4 Å². The fraction of sp³-hybridized carbons (Fsp3) is 0.263. The summed E-state index contributed by atoms with van der Waals surface area (Å²) in [6, 6.07) is 6.77. The zero-order chi connectivity index (χ0) is 22.8. The number of amides is 1. The van der Waals surface area contributed by atoms with E-state index in [1.165, 1.54) is 14.2 Å². The molecule has 5 N–H and O–H groups in total. The molecule has 0 bridgehead atoms. The smallest absolute Gasteiger partial charge is 0.416 e. The van der Waals surface area contributed by atoms with Crippen LogP contribution < -0.4 is 25.0 Å². The molecule has 0 aliphatic heterocycles. The monoisotopic (exact) mass is 459 g/mol. The van der Waals surface area contributed by atoms with E-state index in [-0.39, 0.29) is 27.5 Å². The third kappa shape index (κ3) is 4.65. The normalized spacial score (nSPS) is 11.5. The molecule has 0 atom stereocenters. The molecule has 0 unspecified atom stereocenters. The number of fused-ring (bicyclic) bond motifs is 1. The summed E-state index contributed by atoms with van der Waals surface area (Å²) in [7, 11) is 3.03. The number of methoxy groups -OCH3 is 2. The van der Waals surface area contributed by atoms with Gasteiger partial charge in [-0.05, 0) is 35.5 Å². The minimum Gasteiger partial charge on any atom is -0.493 e. The van der Waals surface area contributed by atoms with E-state index in [0.29, 0.717) is 28.1 Å². The highest BCUT2D eigenvalue weighted by molar-refractivity contribution is 7.20. The van der Waals surface area contributed by atoms with Gasteiger partial charge in [0.25, 0.3) is 5.52 Å². The number of nitrogens with two attached hydrogens (primary N) is 1. The molecule has 0 saturated heterocycles. The lowest BCUT2D eigenvalue weighted by atomic mass is 10.1. The molecule has 3 rings (SSSR count). The molecular weight excluding hydrogens is 439 g/mol. The number of nitrogens with one attached hydrogen (secondary N) is 1. The lowest BCUT2D eigenvalue weighted by Crippen LogP contribution is -2.73. The molecule has 0 saturated carbocycles. The van der Waals surface area contributed by atoms with Crippen molar-refractivity contribution < 1.29 is 48.1 Å². The Bertz CT molecular complexity index is 1120. The first-order chi connectivity index (χ1) is 14.7. The molecule has 2 aromatic carbocycles. The lowest BCUT2D eigenvalue weighted by Gasteiger charge is -2.09. The van der Waals surface area contributed by atoms with Gasteiger partial charge in [0, 0.05) is 23.4 Å². The quantitative estimate of drug-likeness (QED) is 0.187.